The van der Waals surface area contributed by atoms with Gasteiger partial charge in [-0.05, 0) is 67.3 Å². The number of aryl methyl sites for hydroxylation is 3. The second-order valence-electron chi connectivity index (χ2n) is 9.50. The van der Waals surface area contributed by atoms with Crippen molar-refractivity contribution < 1.29 is 18.7 Å². The molecular formula is C32H28FN3O4. The zero-order valence-corrected chi connectivity index (χ0v) is 22.7. The van der Waals surface area contributed by atoms with E-state index < -0.39 is 0 Å². The maximum Gasteiger partial charge on any atom is 0.213 e. The van der Waals surface area contributed by atoms with Crippen LogP contribution in [0.3, 0.4) is 0 Å². The summed E-state index contributed by atoms with van der Waals surface area (Å²) in [5, 5.41) is 0. The molecule has 1 N–H and O–H groups in total. The maximum atomic E-state index is 13.7. The number of hydrogen-bond acceptors (Lipinski definition) is 6. The number of ketones is 1. The predicted molar refractivity (Wildman–Crippen MR) is 152 cm³/mol. The van der Waals surface area contributed by atoms with Crippen molar-refractivity contribution in [2.45, 2.75) is 33.6 Å². The van der Waals surface area contributed by atoms with Crippen LogP contribution in [0.4, 0.5) is 4.39 Å². The van der Waals surface area contributed by atoms with E-state index in [9.17, 15) is 14.0 Å². The quantitative estimate of drug-likeness (QED) is 0.226. The monoisotopic (exact) mass is 537 g/mol. The van der Waals surface area contributed by atoms with Gasteiger partial charge in [-0.3, -0.25) is 14.6 Å². The number of aromatic amines is 1. The van der Waals surface area contributed by atoms with E-state index in [0.29, 0.717) is 62.9 Å². The van der Waals surface area contributed by atoms with Crippen LogP contribution in [0.1, 0.15) is 39.8 Å². The summed E-state index contributed by atoms with van der Waals surface area (Å²) in [6.45, 7) is 5.43. The number of fused-ring (bicyclic) bond motifs is 1. The molecule has 5 aromatic rings. The number of nitrogens with one attached hydrogen (secondary N) is 1. The van der Waals surface area contributed by atoms with Gasteiger partial charge in [0.25, 0.3) is 0 Å². The second kappa shape index (κ2) is 11.1. The number of carbonyl (C=O) groups is 1. The Labute approximate surface area is 230 Å². The van der Waals surface area contributed by atoms with Crippen LogP contribution < -0.4 is 14.9 Å². The van der Waals surface area contributed by atoms with E-state index in [1.807, 2.05) is 13.0 Å². The van der Waals surface area contributed by atoms with Crippen LogP contribution in [-0.4, -0.2) is 27.8 Å². The van der Waals surface area contributed by atoms with Gasteiger partial charge in [-0.15, -0.1) is 0 Å². The maximum absolute atomic E-state index is 13.7. The molecule has 0 unspecified atom stereocenters. The third-order valence-corrected chi connectivity index (χ3v) is 6.81. The van der Waals surface area contributed by atoms with Crippen molar-refractivity contribution in [2.24, 2.45) is 0 Å². The number of aromatic nitrogens is 3. The van der Waals surface area contributed by atoms with E-state index in [2.05, 4.69) is 15.0 Å². The summed E-state index contributed by atoms with van der Waals surface area (Å²) in [6, 6.07) is 16.7. The second-order valence-corrected chi connectivity index (χ2v) is 9.50. The molecule has 3 aromatic heterocycles. The fourth-order valence-corrected chi connectivity index (χ4v) is 4.83. The number of nitrogens with zero attached hydrogens (tertiary/aromatic N) is 2. The van der Waals surface area contributed by atoms with Gasteiger partial charge in [-0.25, -0.2) is 9.37 Å². The fourth-order valence-electron chi connectivity index (χ4n) is 4.83. The minimum absolute atomic E-state index is 0.0399. The minimum Gasteiger partial charge on any atom is -0.481 e. The Morgan fingerprint density at radius 3 is 2.50 bits per heavy atom. The van der Waals surface area contributed by atoms with Crippen LogP contribution >= 0.6 is 0 Å². The lowest BCUT2D eigenvalue weighted by atomic mass is 9.93. The van der Waals surface area contributed by atoms with Crippen molar-refractivity contribution in [3.63, 3.8) is 0 Å². The zero-order valence-electron chi connectivity index (χ0n) is 22.7. The summed E-state index contributed by atoms with van der Waals surface area (Å²) >= 11 is 0. The summed E-state index contributed by atoms with van der Waals surface area (Å²) in [6.07, 6.45) is 2.18. The lowest BCUT2D eigenvalue weighted by molar-refractivity contribution is 0.0990. The molecule has 202 valence electrons. The first kappa shape index (κ1) is 26.7. The Morgan fingerprint density at radius 1 is 1.02 bits per heavy atom. The van der Waals surface area contributed by atoms with Crippen LogP contribution in [0, 0.1) is 19.7 Å². The summed E-state index contributed by atoms with van der Waals surface area (Å²) < 4.78 is 25.0. The Kier molecular flexibility index (Phi) is 7.42. The number of Topliss-reactive ketones (excluding diaryl/α,β-unsaturated/α-hetero) is 1. The molecule has 2 aromatic carbocycles. The van der Waals surface area contributed by atoms with Gasteiger partial charge >= 0.3 is 0 Å². The lowest BCUT2D eigenvalue weighted by Crippen LogP contribution is -2.24. The standard InChI is InChI=1S/C32H28FN3O4/c1-5-24-30(32(38)29(19(3)35-24)23-11-8-21(33)16-18(23)2)26(37)17-20-6-9-22(10-7-20)40-27-14-15-34-25-12-13-28(39-4)36-31(25)27/h6-16H,5,17H2,1-4H3,(H,35,38). The average molecular weight is 538 g/mol. The van der Waals surface area contributed by atoms with Crippen LogP contribution in [0.25, 0.3) is 22.2 Å². The minimum atomic E-state index is -0.377. The van der Waals surface area contributed by atoms with Gasteiger partial charge in [0.1, 0.15) is 17.1 Å². The molecule has 0 atom stereocenters. The van der Waals surface area contributed by atoms with Gasteiger partial charge in [0, 0.05) is 41.7 Å². The molecular weight excluding hydrogens is 509 g/mol. The molecule has 3 heterocycles. The first-order chi connectivity index (χ1) is 19.3. The number of hydrogen-bond donors (Lipinski definition) is 1. The molecule has 0 radical (unpaired) electrons. The number of ether oxygens (including phenoxy) is 2. The van der Waals surface area contributed by atoms with E-state index in [0.717, 1.165) is 5.56 Å². The number of halogens is 1. The first-order valence-electron chi connectivity index (χ1n) is 12.9. The molecule has 40 heavy (non-hydrogen) atoms. The molecule has 0 aliphatic heterocycles. The van der Waals surface area contributed by atoms with E-state index in [4.69, 9.17) is 9.47 Å². The average Bonchev–Trinajstić information content (AvgIpc) is 2.94. The van der Waals surface area contributed by atoms with Gasteiger partial charge in [0.15, 0.2) is 11.5 Å². The molecule has 0 spiro atoms. The highest BCUT2D eigenvalue weighted by atomic mass is 19.1. The summed E-state index contributed by atoms with van der Waals surface area (Å²) in [4.78, 5) is 39.2. The third kappa shape index (κ3) is 5.20. The lowest BCUT2D eigenvalue weighted by Gasteiger charge is -2.15. The molecule has 0 saturated heterocycles. The molecule has 5 rings (SSSR count). The topological polar surface area (TPSA) is 94.2 Å². The van der Waals surface area contributed by atoms with E-state index in [1.54, 1.807) is 69.6 Å². The number of pyridine rings is 3. The highest BCUT2D eigenvalue weighted by Crippen LogP contribution is 2.29. The molecule has 0 fully saturated rings. The zero-order chi connectivity index (χ0) is 28.4. The summed E-state index contributed by atoms with van der Waals surface area (Å²) in [5.74, 6) is 0.871. The highest BCUT2D eigenvalue weighted by Gasteiger charge is 2.22. The Hall–Kier alpha value is -4.85. The van der Waals surface area contributed by atoms with Crippen LogP contribution in [0.5, 0.6) is 17.4 Å². The van der Waals surface area contributed by atoms with Crippen LogP contribution in [0.2, 0.25) is 0 Å². The van der Waals surface area contributed by atoms with Gasteiger partial charge in [0.2, 0.25) is 11.3 Å². The molecule has 7 nitrogen and oxygen atoms in total. The Bertz CT molecular complexity index is 1800. The number of carbonyl (C=O) groups excluding carboxylic acids is 1. The molecule has 0 aliphatic carbocycles. The normalized spacial score (nSPS) is 11.0. The predicted octanol–water partition coefficient (Wildman–Crippen LogP) is 6.53. The number of rotatable bonds is 8. The molecule has 8 heteroatoms. The van der Waals surface area contributed by atoms with Crippen molar-refractivity contribution in [1.29, 1.82) is 0 Å². The summed E-state index contributed by atoms with van der Waals surface area (Å²) in [7, 11) is 1.55. The SMILES string of the molecule is CCc1[nH]c(C)c(-c2ccc(F)cc2C)c(=O)c1C(=O)Cc1ccc(Oc2ccnc3ccc(OC)nc23)cc1. The van der Waals surface area contributed by atoms with Crippen molar-refractivity contribution in [2.75, 3.05) is 7.11 Å². The third-order valence-electron chi connectivity index (χ3n) is 6.81. The number of methoxy groups -OCH3 is 1. The van der Waals surface area contributed by atoms with Gasteiger partial charge in [-0.1, -0.05) is 25.1 Å². The van der Waals surface area contributed by atoms with E-state index in [-0.39, 0.29) is 29.0 Å². The number of benzene rings is 2. The fraction of sp³-hybridized carbons (Fsp3) is 0.188. The van der Waals surface area contributed by atoms with Crippen molar-refractivity contribution in [3.8, 4) is 28.5 Å². The largest absolute Gasteiger partial charge is 0.481 e. The summed E-state index contributed by atoms with van der Waals surface area (Å²) in [5.41, 5.74) is 4.61. The first-order valence-corrected chi connectivity index (χ1v) is 12.9. The smallest absolute Gasteiger partial charge is 0.213 e. The molecule has 0 saturated carbocycles. The molecule has 0 bridgehead atoms. The van der Waals surface area contributed by atoms with E-state index in [1.165, 1.54) is 12.1 Å². The Balaban J connectivity index is 1.42. The van der Waals surface area contributed by atoms with E-state index >= 15 is 0 Å². The van der Waals surface area contributed by atoms with Crippen molar-refractivity contribution >= 4 is 16.8 Å². The van der Waals surface area contributed by atoms with Crippen molar-refractivity contribution in [3.05, 3.63) is 111 Å². The Morgan fingerprint density at radius 2 is 1.80 bits per heavy atom. The van der Waals surface area contributed by atoms with Crippen LogP contribution in [-0.2, 0) is 12.8 Å². The molecule has 0 amide bonds. The van der Waals surface area contributed by atoms with Gasteiger partial charge in [0.05, 0.1) is 18.2 Å². The van der Waals surface area contributed by atoms with Crippen molar-refractivity contribution in [1.82, 2.24) is 15.0 Å². The number of H-pyrrole nitrogens is 1. The van der Waals surface area contributed by atoms with Gasteiger partial charge in [-0.2, -0.15) is 0 Å². The van der Waals surface area contributed by atoms with Gasteiger partial charge < -0.3 is 14.5 Å². The highest BCUT2D eigenvalue weighted by molar-refractivity contribution is 5.99. The van der Waals surface area contributed by atoms with Crippen LogP contribution in [0.15, 0.2) is 71.7 Å². The molecule has 0 aliphatic rings.